The van der Waals surface area contributed by atoms with Crippen LogP contribution in [-0.2, 0) is 9.53 Å². The van der Waals surface area contributed by atoms with Crippen LogP contribution in [0.2, 0.25) is 0 Å². The molecule has 0 spiro atoms. The summed E-state index contributed by atoms with van der Waals surface area (Å²) < 4.78 is 6.97. The van der Waals surface area contributed by atoms with Crippen LogP contribution in [0.1, 0.15) is 45.4 Å². The van der Waals surface area contributed by atoms with Gasteiger partial charge in [-0.1, -0.05) is 75.9 Å². The molecule has 0 N–H and O–H groups in total. The highest BCUT2D eigenvalue weighted by molar-refractivity contribution is 6.09. The van der Waals surface area contributed by atoms with E-state index in [9.17, 15) is 4.79 Å². The van der Waals surface area contributed by atoms with Gasteiger partial charge in [0.05, 0.1) is 23.9 Å². The maximum Gasteiger partial charge on any atom is 0.226 e. The SMILES string of the molecule is C=CN1CCCCCC1=O.C=COCCCC.C=Cn1c2ccccc2c2ccccc21. The van der Waals surface area contributed by atoms with Gasteiger partial charge in [0.2, 0.25) is 5.91 Å². The zero-order valence-corrected chi connectivity index (χ0v) is 19.3. The van der Waals surface area contributed by atoms with Crippen molar-refractivity contribution in [3.63, 3.8) is 0 Å². The van der Waals surface area contributed by atoms with Crippen LogP contribution >= 0.6 is 0 Å². The molecule has 170 valence electrons. The standard InChI is InChI=1S/C14H11N.C8H13NO.C6H12O/c1-2-15-13-9-5-3-7-11(13)12-8-4-6-10-14(12)15;1-2-9-7-5-3-4-6-8(9)10;1-3-5-6-7-4-2/h2-10H,1H2;2H,1,3-7H2;4H,2-3,5-6H2,1H3. The van der Waals surface area contributed by atoms with Gasteiger partial charge >= 0.3 is 0 Å². The smallest absolute Gasteiger partial charge is 0.226 e. The number of ether oxygens (including phenoxy) is 1. The number of aromatic nitrogens is 1. The Bertz CT molecular complexity index is 965. The summed E-state index contributed by atoms with van der Waals surface area (Å²) in [6, 6.07) is 16.8. The topological polar surface area (TPSA) is 34.5 Å². The largest absolute Gasteiger partial charge is 0.502 e. The molecule has 0 radical (unpaired) electrons. The van der Waals surface area contributed by atoms with E-state index in [-0.39, 0.29) is 5.91 Å². The summed E-state index contributed by atoms with van der Waals surface area (Å²) >= 11 is 0. The summed E-state index contributed by atoms with van der Waals surface area (Å²) in [4.78, 5) is 12.8. The number of nitrogens with zero attached hydrogens (tertiary/aromatic N) is 2. The van der Waals surface area contributed by atoms with Gasteiger partial charge < -0.3 is 14.2 Å². The molecule has 2 heterocycles. The maximum atomic E-state index is 11.1. The fourth-order valence-corrected chi connectivity index (χ4v) is 3.66. The molecule has 4 nitrogen and oxygen atoms in total. The Morgan fingerprint density at radius 1 is 0.906 bits per heavy atom. The highest BCUT2D eigenvalue weighted by Gasteiger charge is 2.12. The van der Waals surface area contributed by atoms with Crippen LogP contribution in [0.3, 0.4) is 0 Å². The number of unbranched alkanes of at least 4 members (excludes halogenated alkanes) is 1. The van der Waals surface area contributed by atoms with Gasteiger partial charge in [-0.3, -0.25) is 4.79 Å². The number of amides is 1. The summed E-state index contributed by atoms with van der Waals surface area (Å²) in [5, 5.41) is 2.57. The first-order valence-electron chi connectivity index (χ1n) is 11.4. The van der Waals surface area contributed by atoms with Crippen LogP contribution in [0.25, 0.3) is 28.0 Å². The Balaban J connectivity index is 0.000000186. The van der Waals surface area contributed by atoms with Crippen molar-refractivity contribution < 1.29 is 9.53 Å². The predicted molar refractivity (Wildman–Crippen MR) is 137 cm³/mol. The van der Waals surface area contributed by atoms with Gasteiger partial charge in [0.15, 0.2) is 0 Å². The van der Waals surface area contributed by atoms with E-state index in [2.05, 4.69) is 79.8 Å². The minimum absolute atomic E-state index is 0.229. The lowest BCUT2D eigenvalue weighted by molar-refractivity contribution is -0.128. The van der Waals surface area contributed by atoms with Gasteiger partial charge in [0.25, 0.3) is 0 Å². The number of para-hydroxylation sites is 2. The van der Waals surface area contributed by atoms with Gasteiger partial charge in [0.1, 0.15) is 0 Å². The minimum atomic E-state index is 0.229. The second kappa shape index (κ2) is 13.9. The third-order valence-electron chi connectivity index (χ3n) is 5.36. The molecule has 0 aliphatic carbocycles. The molecule has 0 saturated carbocycles. The van der Waals surface area contributed by atoms with E-state index in [1.807, 2.05) is 6.20 Å². The second-order valence-electron chi connectivity index (χ2n) is 7.56. The molecule has 0 bridgehead atoms. The number of hydrogen-bond acceptors (Lipinski definition) is 2. The monoisotopic (exact) mass is 432 g/mol. The quantitative estimate of drug-likeness (QED) is 0.301. The Morgan fingerprint density at radius 3 is 2.06 bits per heavy atom. The van der Waals surface area contributed by atoms with E-state index in [0.717, 1.165) is 32.4 Å². The van der Waals surface area contributed by atoms with Crippen molar-refractivity contribution in [3.05, 3.63) is 80.7 Å². The van der Waals surface area contributed by atoms with Crippen molar-refractivity contribution >= 4 is 33.9 Å². The van der Waals surface area contributed by atoms with Crippen LogP contribution in [0.15, 0.2) is 80.7 Å². The van der Waals surface area contributed by atoms with Crippen molar-refractivity contribution in [3.8, 4) is 0 Å². The third kappa shape index (κ3) is 6.88. The lowest BCUT2D eigenvalue weighted by Gasteiger charge is -2.13. The van der Waals surface area contributed by atoms with Crippen LogP contribution < -0.4 is 0 Å². The number of carbonyl (C=O) groups excluding carboxylic acids is 1. The van der Waals surface area contributed by atoms with E-state index < -0.39 is 0 Å². The molecule has 3 aromatic rings. The zero-order chi connectivity index (χ0) is 23.2. The number of rotatable bonds is 6. The molecule has 1 amide bonds. The highest BCUT2D eigenvalue weighted by Crippen LogP contribution is 2.28. The van der Waals surface area contributed by atoms with E-state index in [1.54, 1.807) is 11.1 Å². The van der Waals surface area contributed by atoms with Gasteiger partial charge in [-0.25, -0.2) is 0 Å². The van der Waals surface area contributed by atoms with E-state index in [4.69, 9.17) is 4.74 Å². The van der Waals surface area contributed by atoms with Gasteiger partial charge in [-0.05, 0) is 37.6 Å². The van der Waals surface area contributed by atoms with Crippen molar-refractivity contribution in [2.75, 3.05) is 13.2 Å². The van der Waals surface area contributed by atoms with Gasteiger partial charge in [-0.15, -0.1) is 0 Å². The molecule has 1 aliphatic rings. The molecule has 0 atom stereocenters. The van der Waals surface area contributed by atoms with Crippen LogP contribution in [0.4, 0.5) is 0 Å². The lowest BCUT2D eigenvalue weighted by atomic mass is 10.2. The van der Waals surface area contributed by atoms with Crippen molar-refractivity contribution in [1.82, 2.24) is 9.47 Å². The molecule has 1 aliphatic heterocycles. The summed E-state index contributed by atoms with van der Waals surface area (Å²) in [6.07, 6.45) is 11.3. The second-order valence-corrected chi connectivity index (χ2v) is 7.56. The van der Waals surface area contributed by atoms with E-state index >= 15 is 0 Å². The highest BCUT2D eigenvalue weighted by atomic mass is 16.5. The summed E-state index contributed by atoms with van der Waals surface area (Å²) in [7, 11) is 0. The van der Waals surface area contributed by atoms with Crippen LogP contribution in [-0.4, -0.2) is 28.5 Å². The molecule has 1 saturated heterocycles. The summed E-state index contributed by atoms with van der Waals surface area (Å²) in [6.45, 7) is 14.7. The first-order chi connectivity index (χ1) is 15.7. The first-order valence-corrected chi connectivity index (χ1v) is 11.4. The van der Waals surface area contributed by atoms with Crippen LogP contribution in [0, 0.1) is 0 Å². The Kier molecular flexibility index (Phi) is 10.9. The molecule has 32 heavy (non-hydrogen) atoms. The fraction of sp³-hybridized carbons (Fsp3) is 0.321. The maximum absolute atomic E-state index is 11.1. The predicted octanol–water partition coefficient (Wildman–Crippen LogP) is 7.37. The van der Waals surface area contributed by atoms with Crippen molar-refractivity contribution in [2.45, 2.75) is 45.4 Å². The average molecular weight is 433 g/mol. The lowest BCUT2D eigenvalue weighted by Crippen LogP contribution is -2.23. The van der Waals surface area contributed by atoms with E-state index in [0.29, 0.717) is 6.42 Å². The Hall–Kier alpha value is -3.27. The molecule has 4 heteroatoms. The zero-order valence-electron chi connectivity index (χ0n) is 19.3. The molecule has 0 unspecified atom stereocenters. The first kappa shape index (κ1) is 25.0. The van der Waals surface area contributed by atoms with Crippen LogP contribution in [0.5, 0.6) is 0 Å². The number of benzene rings is 2. The molecular formula is C28H36N2O2. The molecule has 4 rings (SSSR count). The summed E-state index contributed by atoms with van der Waals surface area (Å²) in [5.74, 6) is 0.229. The van der Waals surface area contributed by atoms with Crippen molar-refractivity contribution in [2.24, 2.45) is 0 Å². The number of carbonyl (C=O) groups is 1. The third-order valence-corrected chi connectivity index (χ3v) is 5.36. The normalized spacial score (nSPS) is 13.3. The fourth-order valence-electron chi connectivity index (χ4n) is 3.66. The number of hydrogen-bond donors (Lipinski definition) is 0. The minimum Gasteiger partial charge on any atom is -0.502 e. The average Bonchev–Trinajstić information content (AvgIpc) is 3.00. The van der Waals surface area contributed by atoms with Crippen molar-refractivity contribution in [1.29, 1.82) is 0 Å². The van der Waals surface area contributed by atoms with Gasteiger partial charge in [0, 0.05) is 29.9 Å². The van der Waals surface area contributed by atoms with E-state index in [1.165, 1.54) is 40.9 Å². The molecule has 1 aromatic heterocycles. The Morgan fingerprint density at radius 2 is 1.53 bits per heavy atom. The number of likely N-dealkylation sites (tertiary alicyclic amines) is 1. The molecule has 2 aromatic carbocycles. The number of fused-ring (bicyclic) bond motifs is 3. The Labute approximate surface area is 192 Å². The van der Waals surface area contributed by atoms with Gasteiger partial charge in [-0.2, -0.15) is 0 Å². The summed E-state index contributed by atoms with van der Waals surface area (Å²) in [5.41, 5.74) is 2.43. The molecule has 1 fully saturated rings. The molecular weight excluding hydrogens is 396 g/mol.